The molecule has 1 amide bonds. The van der Waals surface area contributed by atoms with E-state index in [4.69, 9.17) is 10.5 Å². The molecule has 0 aliphatic carbocycles. The van der Waals surface area contributed by atoms with E-state index in [9.17, 15) is 13.2 Å². The Kier molecular flexibility index (Phi) is 5.35. The third-order valence-corrected chi connectivity index (χ3v) is 7.22. The van der Waals surface area contributed by atoms with Crippen molar-refractivity contribution >= 4 is 49.0 Å². The Bertz CT molecular complexity index is 1220. The summed E-state index contributed by atoms with van der Waals surface area (Å²) in [5, 5.41) is 6.19. The van der Waals surface area contributed by atoms with Gasteiger partial charge in [0.15, 0.2) is 0 Å². The molecule has 1 atom stereocenters. The van der Waals surface area contributed by atoms with E-state index < -0.39 is 15.9 Å². The molecule has 158 valence electrons. The van der Waals surface area contributed by atoms with E-state index in [0.717, 1.165) is 15.8 Å². The summed E-state index contributed by atoms with van der Waals surface area (Å²) in [7, 11) is -3.28. The number of anilines is 2. The van der Waals surface area contributed by atoms with Crippen LogP contribution >= 0.6 is 11.3 Å². The maximum absolute atomic E-state index is 11.8. The van der Waals surface area contributed by atoms with E-state index in [-0.39, 0.29) is 12.6 Å². The maximum Gasteiger partial charge on any atom is 0.248 e. The van der Waals surface area contributed by atoms with Crippen LogP contribution in [0.15, 0.2) is 29.9 Å². The summed E-state index contributed by atoms with van der Waals surface area (Å²) >= 11 is 1.53. The number of aryl methyl sites for hydroxylation is 1. The van der Waals surface area contributed by atoms with Crippen molar-refractivity contribution in [1.82, 2.24) is 14.3 Å². The van der Waals surface area contributed by atoms with E-state index in [2.05, 4.69) is 15.3 Å². The minimum atomic E-state index is -3.28. The number of sulfonamides is 1. The molecule has 1 aliphatic heterocycles. The Morgan fingerprint density at radius 3 is 2.87 bits per heavy atom. The molecule has 30 heavy (non-hydrogen) atoms. The smallest absolute Gasteiger partial charge is 0.248 e. The second-order valence-corrected chi connectivity index (χ2v) is 10.0. The summed E-state index contributed by atoms with van der Waals surface area (Å²) in [6, 6.07) is 4.87. The van der Waals surface area contributed by atoms with E-state index >= 15 is 0 Å². The van der Waals surface area contributed by atoms with Crippen molar-refractivity contribution in [2.24, 2.45) is 5.73 Å². The van der Waals surface area contributed by atoms with Crippen LogP contribution < -0.4 is 15.8 Å². The van der Waals surface area contributed by atoms with Crippen molar-refractivity contribution < 1.29 is 17.9 Å². The van der Waals surface area contributed by atoms with Gasteiger partial charge in [-0.05, 0) is 42.5 Å². The number of nitrogens with zero attached hydrogens (tertiary/aromatic N) is 3. The van der Waals surface area contributed by atoms with Gasteiger partial charge in [-0.25, -0.2) is 18.4 Å². The lowest BCUT2D eigenvalue weighted by Crippen LogP contribution is -2.30. The lowest BCUT2D eigenvalue weighted by atomic mass is 10.1. The van der Waals surface area contributed by atoms with Crippen molar-refractivity contribution in [3.05, 3.63) is 41.0 Å². The van der Waals surface area contributed by atoms with Gasteiger partial charge in [-0.1, -0.05) is 0 Å². The molecule has 2 aromatic heterocycles. The molecule has 3 aromatic rings. The number of aromatic nitrogens is 2. The van der Waals surface area contributed by atoms with Gasteiger partial charge in [-0.3, -0.25) is 4.79 Å². The number of nitrogens with one attached hydrogen (secondary N) is 1. The first-order valence-corrected chi connectivity index (χ1v) is 12.0. The number of carbonyl (C=O) groups is 1. The predicted molar refractivity (Wildman–Crippen MR) is 116 cm³/mol. The van der Waals surface area contributed by atoms with Gasteiger partial charge in [0.05, 0.1) is 23.9 Å². The summed E-state index contributed by atoms with van der Waals surface area (Å²) in [6.45, 7) is 2.63. The van der Waals surface area contributed by atoms with Crippen molar-refractivity contribution in [2.45, 2.75) is 19.4 Å². The van der Waals surface area contributed by atoms with Crippen LogP contribution in [0, 0.1) is 6.92 Å². The van der Waals surface area contributed by atoms with Crippen molar-refractivity contribution in [1.29, 1.82) is 0 Å². The van der Waals surface area contributed by atoms with Crippen LogP contribution in [0.2, 0.25) is 0 Å². The number of benzene rings is 1. The Hall–Kier alpha value is -2.76. The van der Waals surface area contributed by atoms with Crippen LogP contribution in [-0.2, 0) is 10.0 Å². The molecule has 0 spiro atoms. The molecule has 0 radical (unpaired) electrons. The average Bonchev–Trinajstić information content (AvgIpc) is 3.30. The fourth-order valence-corrected chi connectivity index (χ4v) is 5.15. The molecule has 1 saturated heterocycles. The molecular formula is C19H21N5O4S2. The average molecular weight is 448 g/mol. The Morgan fingerprint density at radius 1 is 1.37 bits per heavy atom. The summed E-state index contributed by atoms with van der Waals surface area (Å²) < 4.78 is 31.1. The normalized spacial score (nSPS) is 17.3. The molecular weight excluding hydrogens is 426 g/mol. The standard InChI is InChI=1S/C19H21N5O4S2/c1-11-9-29-19-16(11)18(21-10-22-19)23-14-4-3-12(17(20)25)7-15(14)28-13-5-6-24(8-13)30(2,26)27/h3-4,7,9-10,13H,5-6,8H2,1-2H3,(H2,20,25)(H,21,22,23). The minimum absolute atomic E-state index is 0.250. The number of primary amides is 1. The zero-order valence-electron chi connectivity index (χ0n) is 16.5. The van der Waals surface area contributed by atoms with Crippen molar-refractivity contribution in [3.8, 4) is 5.75 Å². The first-order chi connectivity index (χ1) is 14.2. The summed E-state index contributed by atoms with van der Waals surface area (Å²) in [4.78, 5) is 21.2. The number of nitrogens with two attached hydrogens (primary N) is 1. The van der Waals surface area contributed by atoms with E-state index in [0.29, 0.717) is 35.8 Å². The lowest BCUT2D eigenvalue weighted by molar-refractivity contribution is 0.0999. The molecule has 3 heterocycles. The summed E-state index contributed by atoms with van der Waals surface area (Å²) in [6.07, 6.45) is 2.88. The molecule has 0 bridgehead atoms. The fourth-order valence-electron chi connectivity index (χ4n) is 3.39. The number of carbonyl (C=O) groups excluding carboxylic acids is 1. The van der Waals surface area contributed by atoms with E-state index in [1.807, 2.05) is 12.3 Å². The SMILES string of the molecule is Cc1csc2ncnc(Nc3ccc(C(N)=O)cc3OC3CCN(S(C)(=O)=O)C3)c12. The second kappa shape index (κ2) is 7.82. The summed E-state index contributed by atoms with van der Waals surface area (Å²) in [5.74, 6) is 0.458. The molecule has 1 aliphatic rings. The fraction of sp³-hybridized carbons (Fsp3) is 0.316. The first kappa shape index (κ1) is 20.5. The zero-order chi connectivity index (χ0) is 21.5. The lowest BCUT2D eigenvalue weighted by Gasteiger charge is -2.19. The minimum Gasteiger partial charge on any atom is -0.487 e. The van der Waals surface area contributed by atoms with Crippen LogP contribution in [0.4, 0.5) is 11.5 Å². The van der Waals surface area contributed by atoms with Gasteiger partial charge in [0, 0.05) is 12.1 Å². The Labute approximate surface area is 177 Å². The highest BCUT2D eigenvalue weighted by Gasteiger charge is 2.30. The number of fused-ring (bicyclic) bond motifs is 1. The van der Waals surface area contributed by atoms with Crippen LogP contribution in [0.3, 0.4) is 0 Å². The van der Waals surface area contributed by atoms with Crippen LogP contribution in [-0.4, -0.2) is 54.0 Å². The Balaban J connectivity index is 1.66. The molecule has 4 rings (SSSR count). The molecule has 3 N–H and O–H groups in total. The van der Waals surface area contributed by atoms with Gasteiger partial charge in [0.25, 0.3) is 0 Å². The van der Waals surface area contributed by atoms with Crippen molar-refractivity contribution in [2.75, 3.05) is 24.7 Å². The zero-order valence-corrected chi connectivity index (χ0v) is 18.1. The maximum atomic E-state index is 11.8. The molecule has 11 heteroatoms. The number of hydrogen-bond acceptors (Lipinski definition) is 8. The quantitative estimate of drug-likeness (QED) is 0.593. The third-order valence-electron chi connectivity index (χ3n) is 4.94. The number of thiophene rings is 1. The Morgan fingerprint density at radius 2 is 2.17 bits per heavy atom. The van der Waals surface area contributed by atoms with Gasteiger partial charge in [-0.2, -0.15) is 4.31 Å². The number of amides is 1. The molecule has 0 saturated carbocycles. The van der Waals surface area contributed by atoms with Crippen molar-refractivity contribution in [3.63, 3.8) is 0 Å². The highest BCUT2D eigenvalue weighted by atomic mass is 32.2. The molecule has 1 aromatic carbocycles. The van der Waals surface area contributed by atoms with Gasteiger partial charge in [-0.15, -0.1) is 11.3 Å². The highest BCUT2D eigenvalue weighted by molar-refractivity contribution is 7.88. The molecule has 1 unspecified atom stereocenters. The third kappa shape index (κ3) is 4.09. The predicted octanol–water partition coefficient (Wildman–Crippen LogP) is 2.25. The number of hydrogen-bond donors (Lipinski definition) is 2. The first-order valence-electron chi connectivity index (χ1n) is 9.24. The van der Waals surface area contributed by atoms with Gasteiger partial charge >= 0.3 is 0 Å². The number of rotatable bonds is 6. The van der Waals surface area contributed by atoms with E-state index in [1.165, 1.54) is 28.2 Å². The molecule has 9 nitrogen and oxygen atoms in total. The monoisotopic (exact) mass is 447 g/mol. The molecule has 1 fully saturated rings. The second-order valence-electron chi connectivity index (χ2n) is 7.17. The summed E-state index contributed by atoms with van der Waals surface area (Å²) in [5.41, 5.74) is 7.38. The van der Waals surface area contributed by atoms with Gasteiger partial charge in [0.2, 0.25) is 15.9 Å². The largest absolute Gasteiger partial charge is 0.487 e. The van der Waals surface area contributed by atoms with Gasteiger partial charge < -0.3 is 15.8 Å². The van der Waals surface area contributed by atoms with Crippen LogP contribution in [0.5, 0.6) is 5.75 Å². The van der Waals surface area contributed by atoms with E-state index in [1.54, 1.807) is 18.2 Å². The van der Waals surface area contributed by atoms with Gasteiger partial charge in [0.1, 0.15) is 28.8 Å². The highest BCUT2D eigenvalue weighted by Crippen LogP contribution is 2.35. The van der Waals surface area contributed by atoms with Crippen LogP contribution in [0.1, 0.15) is 22.3 Å². The number of ether oxygens (including phenoxy) is 1. The topological polar surface area (TPSA) is 128 Å². The van der Waals surface area contributed by atoms with Crippen LogP contribution in [0.25, 0.3) is 10.2 Å².